The van der Waals surface area contributed by atoms with Gasteiger partial charge in [0.2, 0.25) is 5.89 Å². The second-order valence-electron chi connectivity index (χ2n) is 9.61. The summed E-state index contributed by atoms with van der Waals surface area (Å²) in [6, 6.07) is 24.3. The number of thiophene rings is 4. The Balaban J connectivity index is 1.11. The lowest BCUT2D eigenvalue weighted by molar-refractivity contribution is 0.592. The van der Waals surface area contributed by atoms with Crippen molar-refractivity contribution >= 4 is 107 Å². The Kier molecular flexibility index (Phi) is 4.50. The van der Waals surface area contributed by atoms with Crippen molar-refractivity contribution in [2.75, 3.05) is 0 Å². The second-order valence-corrected chi connectivity index (χ2v) is 13.8. The van der Waals surface area contributed by atoms with Crippen molar-refractivity contribution in [3.63, 3.8) is 0 Å². The Bertz CT molecular complexity index is 2130. The van der Waals surface area contributed by atoms with Crippen molar-refractivity contribution in [2.45, 2.75) is 0 Å². The van der Waals surface area contributed by atoms with Crippen molar-refractivity contribution in [1.82, 2.24) is 4.98 Å². The fourth-order valence-corrected chi connectivity index (χ4v) is 9.01. The summed E-state index contributed by atoms with van der Waals surface area (Å²) in [5.41, 5.74) is 0. The van der Waals surface area contributed by atoms with Crippen LogP contribution in [0.2, 0.25) is 0 Å². The van der Waals surface area contributed by atoms with Crippen molar-refractivity contribution in [1.29, 1.82) is 0 Å². The van der Waals surface area contributed by atoms with Crippen LogP contribution in [0.5, 0.6) is 0 Å². The standard InChI is InChI=1S/C31H13F2NOS4/c32-29-11-20-3-16-5-23-18(1-14(16)7-25(20)38-29)9-27(36-23)22-13-34-31(35-22)28-10-19-2-15-8-26-21(12-30(33)39-26)4-17(15)6-24(19)37-28/h1-13H. The Morgan fingerprint density at radius 1 is 0.462 bits per heavy atom. The zero-order valence-corrected chi connectivity index (χ0v) is 23.0. The first kappa shape index (κ1) is 22.2. The molecule has 0 amide bonds. The summed E-state index contributed by atoms with van der Waals surface area (Å²) >= 11 is 5.67. The molecule has 4 aromatic carbocycles. The van der Waals surface area contributed by atoms with Crippen molar-refractivity contribution < 1.29 is 13.2 Å². The van der Waals surface area contributed by atoms with Crippen LogP contribution in [-0.4, -0.2) is 4.98 Å². The lowest BCUT2D eigenvalue weighted by Gasteiger charge is -1.99. The van der Waals surface area contributed by atoms with Gasteiger partial charge in [-0.3, -0.25) is 0 Å². The van der Waals surface area contributed by atoms with Crippen LogP contribution in [0.1, 0.15) is 0 Å². The first-order valence-corrected chi connectivity index (χ1v) is 15.4. The Morgan fingerprint density at radius 3 is 1.44 bits per heavy atom. The van der Waals surface area contributed by atoms with E-state index in [1.807, 2.05) is 0 Å². The lowest BCUT2D eigenvalue weighted by atomic mass is 10.1. The predicted octanol–water partition coefficient (Wildman–Crippen LogP) is 11.5. The van der Waals surface area contributed by atoms with Crippen LogP contribution in [0.25, 0.3) is 83.3 Å². The SMILES string of the molecule is Fc1cc2cc3cc4sc(-c5cnc(-c6cc7cc8cc9sc(F)cc9cc8cc7s6)o5)cc4cc3cc2s1. The molecule has 0 aliphatic carbocycles. The van der Waals surface area contributed by atoms with Gasteiger partial charge in [0.25, 0.3) is 0 Å². The number of oxazole rings is 1. The fourth-order valence-electron chi connectivity index (χ4n) is 5.31. The number of hydrogen-bond donors (Lipinski definition) is 0. The molecule has 5 aromatic heterocycles. The summed E-state index contributed by atoms with van der Waals surface area (Å²) in [5.74, 6) is 1.34. The molecule has 0 atom stereocenters. The average molecular weight is 582 g/mol. The van der Waals surface area contributed by atoms with Gasteiger partial charge in [-0.05, 0) is 116 Å². The molecule has 0 radical (unpaired) electrons. The monoisotopic (exact) mass is 581 g/mol. The number of benzene rings is 4. The molecule has 0 spiro atoms. The predicted molar refractivity (Wildman–Crippen MR) is 164 cm³/mol. The van der Waals surface area contributed by atoms with E-state index in [-0.39, 0.29) is 10.3 Å². The molecule has 0 aliphatic rings. The van der Waals surface area contributed by atoms with E-state index in [1.165, 1.54) is 22.7 Å². The highest BCUT2D eigenvalue weighted by Crippen LogP contribution is 2.41. The second kappa shape index (κ2) is 7.92. The third-order valence-electron chi connectivity index (χ3n) is 7.12. The molecule has 0 bridgehead atoms. The molecule has 5 heterocycles. The largest absolute Gasteiger partial charge is 0.434 e. The van der Waals surface area contributed by atoms with Gasteiger partial charge >= 0.3 is 0 Å². The maximum absolute atomic E-state index is 13.7. The maximum Gasteiger partial charge on any atom is 0.236 e. The molecule has 0 saturated carbocycles. The molecule has 0 N–H and O–H groups in total. The summed E-state index contributed by atoms with van der Waals surface area (Å²) in [5, 5.41) is 8.19. The molecule has 2 nitrogen and oxygen atoms in total. The van der Waals surface area contributed by atoms with Crippen LogP contribution in [0.3, 0.4) is 0 Å². The van der Waals surface area contributed by atoms with Gasteiger partial charge in [-0.1, -0.05) is 0 Å². The van der Waals surface area contributed by atoms with E-state index < -0.39 is 0 Å². The molecule has 0 unspecified atom stereocenters. The zero-order chi connectivity index (χ0) is 25.8. The molecule has 0 aliphatic heterocycles. The molecule has 0 fully saturated rings. The van der Waals surface area contributed by atoms with E-state index in [4.69, 9.17) is 4.42 Å². The summed E-state index contributed by atoms with van der Waals surface area (Å²) < 4.78 is 37.9. The first-order valence-electron chi connectivity index (χ1n) is 12.1. The molecule has 8 heteroatoms. The Labute approximate surface area is 235 Å². The van der Waals surface area contributed by atoms with Crippen molar-refractivity contribution in [3.05, 3.63) is 89.3 Å². The summed E-state index contributed by atoms with van der Waals surface area (Å²) in [4.78, 5) is 6.60. The number of fused-ring (bicyclic) bond motifs is 6. The summed E-state index contributed by atoms with van der Waals surface area (Å²) in [6.07, 6.45) is 1.79. The van der Waals surface area contributed by atoms with Crippen LogP contribution in [0.4, 0.5) is 8.78 Å². The van der Waals surface area contributed by atoms with Gasteiger partial charge in [-0.15, -0.1) is 45.3 Å². The van der Waals surface area contributed by atoms with E-state index >= 15 is 0 Å². The van der Waals surface area contributed by atoms with E-state index in [1.54, 1.807) is 41.0 Å². The molecular weight excluding hydrogens is 569 g/mol. The van der Waals surface area contributed by atoms with Gasteiger partial charge in [0.05, 0.1) is 16.0 Å². The highest BCUT2D eigenvalue weighted by atomic mass is 32.1. The summed E-state index contributed by atoms with van der Waals surface area (Å²) in [6.45, 7) is 0. The number of hydrogen-bond acceptors (Lipinski definition) is 6. The topological polar surface area (TPSA) is 26.0 Å². The van der Waals surface area contributed by atoms with Crippen LogP contribution in [-0.2, 0) is 0 Å². The molecule has 9 rings (SSSR count). The van der Waals surface area contributed by atoms with Crippen LogP contribution < -0.4 is 0 Å². The van der Waals surface area contributed by atoms with E-state index in [0.29, 0.717) is 5.89 Å². The third kappa shape index (κ3) is 3.49. The minimum atomic E-state index is -0.160. The third-order valence-corrected chi connectivity index (χ3v) is 11.1. The molecule has 39 heavy (non-hydrogen) atoms. The Morgan fingerprint density at radius 2 is 0.897 bits per heavy atom. The normalized spacial score (nSPS) is 12.4. The van der Waals surface area contributed by atoms with Gasteiger partial charge < -0.3 is 4.42 Å². The van der Waals surface area contributed by atoms with Gasteiger partial charge in [-0.2, -0.15) is 8.78 Å². The highest BCUT2D eigenvalue weighted by Gasteiger charge is 2.15. The zero-order valence-electron chi connectivity index (χ0n) is 19.7. The molecular formula is C31H13F2NOS4. The summed E-state index contributed by atoms with van der Waals surface area (Å²) in [7, 11) is 0. The minimum Gasteiger partial charge on any atom is -0.434 e. The smallest absolute Gasteiger partial charge is 0.236 e. The number of rotatable bonds is 2. The number of aromatic nitrogens is 1. The van der Waals surface area contributed by atoms with Crippen LogP contribution in [0, 0.1) is 10.3 Å². The lowest BCUT2D eigenvalue weighted by Crippen LogP contribution is -1.72. The number of nitrogens with zero attached hydrogens (tertiary/aromatic N) is 1. The van der Waals surface area contributed by atoms with Gasteiger partial charge in [0.15, 0.2) is 16.0 Å². The van der Waals surface area contributed by atoms with E-state index in [9.17, 15) is 8.78 Å². The molecule has 0 saturated heterocycles. The first-order chi connectivity index (χ1) is 19.0. The van der Waals surface area contributed by atoms with Crippen molar-refractivity contribution in [3.8, 4) is 21.4 Å². The maximum atomic E-state index is 13.7. The van der Waals surface area contributed by atoms with Crippen molar-refractivity contribution in [2.24, 2.45) is 0 Å². The average Bonchev–Trinajstić information content (AvgIpc) is 3.71. The number of halogens is 2. The van der Waals surface area contributed by atoms with Crippen LogP contribution in [0.15, 0.2) is 83.4 Å². The quantitative estimate of drug-likeness (QED) is 0.203. The van der Waals surface area contributed by atoms with Gasteiger partial charge in [0.1, 0.15) is 0 Å². The van der Waals surface area contributed by atoms with E-state index in [2.05, 4.69) is 65.6 Å². The van der Waals surface area contributed by atoms with Gasteiger partial charge in [0, 0.05) is 18.8 Å². The molecule has 186 valence electrons. The molecule has 9 aromatic rings. The minimum absolute atomic E-state index is 0.158. The van der Waals surface area contributed by atoms with Gasteiger partial charge in [-0.25, -0.2) is 4.98 Å². The fraction of sp³-hybridized carbons (Fsp3) is 0. The van der Waals surface area contributed by atoms with Crippen LogP contribution >= 0.6 is 45.3 Å². The Hall–Kier alpha value is -3.69. The van der Waals surface area contributed by atoms with E-state index in [0.717, 1.165) is 77.4 Å². The highest BCUT2D eigenvalue weighted by molar-refractivity contribution is 7.22.